The number of hydroxylamine groups is 2. The van der Waals surface area contributed by atoms with E-state index in [1.165, 1.54) is 5.06 Å². The number of aromatic nitrogens is 3. The molecule has 0 saturated carbocycles. The van der Waals surface area contributed by atoms with Crippen molar-refractivity contribution < 1.29 is 76.8 Å². The van der Waals surface area contributed by atoms with Gasteiger partial charge in [0.15, 0.2) is 0 Å². The third kappa shape index (κ3) is 24.6. The molecule has 4 aliphatic rings. The van der Waals surface area contributed by atoms with E-state index in [9.17, 15) is 72.5 Å². The van der Waals surface area contributed by atoms with Gasteiger partial charge in [0.05, 0.1) is 57.1 Å². The van der Waals surface area contributed by atoms with Crippen molar-refractivity contribution in [2.24, 2.45) is 5.92 Å². The summed E-state index contributed by atoms with van der Waals surface area (Å²) in [6, 6.07) is 12.3. The molecule has 7 rings (SSSR count). The van der Waals surface area contributed by atoms with Crippen molar-refractivity contribution in [3.8, 4) is 6.07 Å². The van der Waals surface area contributed by atoms with Gasteiger partial charge >= 0.3 is 17.9 Å². The van der Waals surface area contributed by atoms with Crippen LogP contribution in [0.5, 0.6) is 0 Å². The standard InChI is InChI=1S/C64H91F2N15O14/c1-44-14-16-45(17-15-44)9-7-13-54(82)68-19-6-5-12-52(70-55(83)37-75-21-23-76(38-57(85)86)25-27-78(40-59(89)90)28-26-77(24-22-75)39-58(87)88)61(92)69-20-18-63(2,3)94-43-74(4)95-41-49-35-80(73-72-49)34-47-11-8-10-46-33-79(36-51(46)47)56(84)30-48-29-53(71-60(48)91)62(93)81-42-64(65,66)31-50(81)32-67/h8,10-11,14-17,35,48,50,52-53H,5-7,9,12-13,18-31,33-34,36-43H2,1-4H3,(H,68,82)(H,69,92)(H,70,83)(H,71,91)(H,85,86)(H,87,88)(H,89,90)/t48-,50-,52?,53-/m0/s1. The number of alkyl halides is 2. The molecule has 1 aromatic heterocycles. The molecule has 3 aromatic rings. The summed E-state index contributed by atoms with van der Waals surface area (Å²) < 4.78 is 36.0. The van der Waals surface area contributed by atoms with E-state index >= 15 is 0 Å². The van der Waals surface area contributed by atoms with Gasteiger partial charge in [0.1, 0.15) is 37.2 Å². The smallest absolute Gasteiger partial charge is 0.317 e. The highest BCUT2D eigenvalue weighted by Crippen LogP contribution is 2.34. The number of aryl methyl sites for hydroxylation is 2. The molecule has 3 fully saturated rings. The number of likely N-dealkylation sites (tertiary alicyclic amines) is 1. The lowest BCUT2D eigenvalue weighted by Gasteiger charge is -2.33. The molecule has 6 amide bonds. The van der Waals surface area contributed by atoms with Crippen LogP contribution < -0.4 is 21.3 Å². The average molecular weight is 1330 g/mol. The second kappa shape index (κ2) is 35.6. The van der Waals surface area contributed by atoms with Crippen LogP contribution in [0.2, 0.25) is 0 Å². The van der Waals surface area contributed by atoms with Crippen molar-refractivity contribution in [2.75, 3.05) is 112 Å². The fourth-order valence-corrected chi connectivity index (χ4v) is 11.9. The minimum absolute atomic E-state index is 0.0250. The Morgan fingerprint density at radius 1 is 0.832 bits per heavy atom. The molecule has 3 saturated heterocycles. The number of fused-ring (bicyclic) bond motifs is 1. The lowest BCUT2D eigenvalue weighted by molar-refractivity contribution is -0.223. The maximum Gasteiger partial charge on any atom is 0.317 e. The van der Waals surface area contributed by atoms with E-state index in [1.807, 2.05) is 51.1 Å². The summed E-state index contributed by atoms with van der Waals surface area (Å²) >= 11 is 0. The number of carbonyl (C=O) groups excluding carboxylic acids is 6. The summed E-state index contributed by atoms with van der Waals surface area (Å²) in [5.74, 6) is -9.89. The SMILES string of the molecule is Cc1ccc(CCCC(=O)NCCCCC(NC(=O)CN2CCN(CC(=O)O)CCN(CC(=O)O)CCN(CC(=O)O)CC2)C(=O)NCCC(C)(C)OCN(C)OCc2cn(Cc3cccc4c3CN(C(=O)C[C@@H]3C[C@@H](C(=O)N5CC(F)(F)C[C@H]5C#N)NC3=O)C4)nn2)cc1. The third-order valence-electron chi connectivity index (χ3n) is 17.3. The van der Waals surface area contributed by atoms with E-state index in [-0.39, 0.29) is 136 Å². The normalized spacial score (nSPS) is 19.5. The molecule has 0 aliphatic carbocycles. The maximum atomic E-state index is 14.1. The third-order valence-corrected chi connectivity index (χ3v) is 17.3. The molecular weight excluding hydrogens is 1240 g/mol. The molecule has 520 valence electrons. The first-order valence-electron chi connectivity index (χ1n) is 32.3. The summed E-state index contributed by atoms with van der Waals surface area (Å²) in [7, 11) is 1.68. The molecule has 29 nitrogen and oxygen atoms in total. The number of benzene rings is 2. The summed E-state index contributed by atoms with van der Waals surface area (Å²) in [5, 5.41) is 59.7. The van der Waals surface area contributed by atoms with Crippen molar-refractivity contribution in [3.63, 3.8) is 0 Å². The number of carboxylic acid groups (broad SMARTS) is 3. The van der Waals surface area contributed by atoms with E-state index < -0.39 is 90.1 Å². The van der Waals surface area contributed by atoms with Gasteiger partial charge < -0.3 is 51.1 Å². The van der Waals surface area contributed by atoms with Crippen LogP contribution in [-0.4, -0.2) is 260 Å². The molecular formula is C64H91F2N15O14. The van der Waals surface area contributed by atoms with Gasteiger partial charge in [-0.2, -0.15) is 10.3 Å². The largest absolute Gasteiger partial charge is 0.480 e. The monoisotopic (exact) mass is 1330 g/mol. The van der Waals surface area contributed by atoms with Gasteiger partial charge in [-0.25, -0.2) is 13.5 Å². The van der Waals surface area contributed by atoms with Crippen molar-refractivity contribution in [2.45, 2.75) is 141 Å². The van der Waals surface area contributed by atoms with Gasteiger partial charge in [-0.15, -0.1) is 5.10 Å². The van der Waals surface area contributed by atoms with Crippen molar-refractivity contribution >= 4 is 53.4 Å². The average Bonchev–Trinajstić information content (AvgIpc) is 1.66. The Kier molecular flexibility index (Phi) is 27.8. The molecule has 7 N–H and O–H groups in total. The number of hydrogen-bond donors (Lipinski definition) is 7. The molecule has 2 aromatic carbocycles. The minimum Gasteiger partial charge on any atom is -0.480 e. The Morgan fingerprint density at radius 2 is 1.46 bits per heavy atom. The van der Waals surface area contributed by atoms with E-state index in [2.05, 4.69) is 43.7 Å². The summed E-state index contributed by atoms with van der Waals surface area (Å²) in [5.41, 5.74) is 4.78. The Labute approximate surface area is 551 Å². The first kappa shape index (κ1) is 74.3. The van der Waals surface area contributed by atoms with E-state index in [0.29, 0.717) is 57.4 Å². The Hall–Kier alpha value is -8.12. The summed E-state index contributed by atoms with van der Waals surface area (Å²) in [4.78, 5) is 131. The molecule has 5 heterocycles. The fourth-order valence-electron chi connectivity index (χ4n) is 11.9. The van der Waals surface area contributed by atoms with Crippen molar-refractivity contribution in [3.05, 3.63) is 82.2 Å². The molecule has 4 aliphatic heterocycles. The van der Waals surface area contributed by atoms with Crippen LogP contribution in [0.3, 0.4) is 0 Å². The van der Waals surface area contributed by atoms with Crippen molar-refractivity contribution in [1.82, 2.24) is 70.7 Å². The Balaban J connectivity index is 0.869. The lowest BCUT2D eigenvalue weighted by atomic mass is 9.99. The quantitative estimate of drug-likeness (QED) is 0.0254. The number of unbranched alkanes of at least 4 members (excludes halogenated alkanes) is 1. The summed E-state index contributed by atoms with van der Waals surface area (Å²) in [6.07, 6.45) is 4.12. The second-order valence-electron chi connectivity index (χ2n) is 25.6. The van der Waals surface area contributed by atoms with E-state index in [4.69, 9.17) is 9.57 Å². The number of nitriles is 1. The van der Waals surface area contributed by atoms with Gasteiger partial charge in [-0.1, -0.05) is 53.2 Å². The van der Waals surface area contributed by atoms with Crippen LogP contribution >= 0.6 is 0 Å². The zero-order chi connectivity index (χ0) is 68.8. The topological polar surface area (TPSA) is 358 Å². The van der Waals surface area contributed by atoms with Crippen LogP contribution in [0.15, 0.2) is 48.7 Å². The van der Waals surface area contributed by atoms with Gasteiger partial charge in [-0.3, -0.25) is 67.6 Å². The lowest BCUT2D eigenvalue weighted by Crippen LogP contribution is -2.52. The number of carboxylic acids is 3. The fraction of sp³-hybridized carbons (Fsp3) is 0.625. The number of carbonyl (C=O) groups is 9. The molecule has 4 atom stereocenters. The first-order valence-corrected chi connectivity index (χ1v) is 32.3. The highest BCUT2D eigenvalue weighted by molar-refractivity contribution is 5.95. The zero-order valence-electron chi connectivity index (χ0n) is 54.6. The van der Waals surface area contributed by atoms with Crippen LogP contribution in [0.4, 0.5) is 8.78 Å². The van der Waals surface area contributed by atoms with Gasteiger partial charge in [0.25, 0.3) is 5.92 Å². The predicted octanol–water partition coefficient (Wildman–Crippen LogP) is 1.02. The predicted molar refractivity (Wildman–Crippen MR) is 337 cm³/mol. The zero-order valence-corrected chi connectivity index (χ0v) is 54.6. The number of halogens is 2. The molecule has 0 radical (unpaired) electrons. The number of amides is 6. The number of ether oxygens (including phenoxy) is 1. The number of nitrogens with one attached hydrogen (secondary N) is 4. The van der Waals surface area contributed by atoms with Gasteiger partial charge in [0, 0.05) is 111 Å². The maximum absolute atomic E-state index is 14.1. The molecule has 1 unspecified atom stereocenters. The van der Waals surface area contributed by atoms with Crippen molar-refractivity contribution in [1.29, 1.82) is 5.26 Å². The van der Waals surface area contributed by atoms with Crippen LogP contribution in [-0.2, 0) is 85.4 Å². The highest BCUT2D eigenvalue weighted by Gasteiger charge is 2.50. The molecule has 0 bridgehead atoms. The molecule has 95 heavy (non-hydrogen) atoms. The Morgan fingerprint density at radius 3 is 2.08 bits per heavy atom. The highest BCUT2D eigenvalue weighted by atomic mass is 19.3. The molecule has 0 spiro atoms. The number of nitrogens with zero attached hydrogens (tertiary/aromatic N) is 11. The number of rotatable bonds is 33. The molecule has 31 heteroatoms. The first-order chi connectivity index (χ1) is 45.2. The summed E-state index contributed by atoms with van der Waals surface area (Å²) in [6.45, 7) is 6.81. The van der Waals surface area contributed by atoms with Crippen LogP contribution in [0.1, 0.15) is 105 Å². The van der Waals surface area contributed by atoms with E-state index in [0.717, 1.165) is 39.1 Å². The van der Waals surface area contributed by atoms with Crippen LogP contribution in [0, 0.1) is 24.2 Å². The van der Waals surface area contributed by atoms with Crippen LogP contribution in [0.25, 0.3) is 0 Å². The Bertz CT molecular complexity index is 3150. The van der Waals surface area contributed by atoms with Gasteiger partial charge in [0.2, 0.25) is 35.4 Å². The number of aliphatic carboxylic acids is 3. The van der Waals surface area contributed by atoms with E-state index in [1.54, 1.807) is 48.5 Å². The number of hydrogen-bond acceptors (Lipinski definition) is 19. The minimum atomic E-state index is -3.21. The van der Waals surface area contributed by atoms with Gasteiger partial charge in [-0.05, 0) is 88.0 Å². The second-order valence-corrected chi connectivity index (χ2v) is 25.6.